The smallest absolute Gasteiger partial charge is 0.192 e. The molecule has 19 heavy (non-hydrogen) atoms. The zero-order valence-electron chi connectivity index (χ0n) is 10.4. The van der Waals surface area contributed by atoms with Gasteiger partial charge < -0.3 is 9.73 Å². The maximum atomic E-state index is 12.0. The van der Waals surface area contributed by atoms with Gasteiger partial charge in [0.2, 0.25) is 0 Å². The Morgan fingerprint density at radius 3 is 2.79 bits per heavy atom. The molecule has 0 amide bonds. The predicted molar refractivity (Wildman–Crippen MR) is 79.3 cm³/mol. The van der Waals surface area contributed by atoms with Crippen LogP contribution >= 0.6 is 24.0 Å². The molecule has 102 valence electrons. The van der Waals surface area contributed by atoms with Crippen LogP contribution in [0, 0.1) is 5.92 Å². The molecular weight excluding hydrogens is 285 g/mol. The van der Waals surface area contributed by atoms with Crippen LogP contribution in [0.25, 0.3) is 11.0 Å². The average Bonchev–Trinajstić information content (AvgIpc) is 2.69. The number of para-hydroxylation sites is 1. The molecule has 0 spiro atoms. The normalized spacial score (nSPS) is 26.3. The Kier molecular flexibility index (Phi) is 4.19. The lowest BCUT2D eigenvalue weighted by atomic mass is 9.94. The molecule has 5 heteroatoms. The summed E-state index contributed by atoms with van der Waals surface area (Å²) in [6.07, 6.45) is 0. The zero-order chi connectivity index (χ0) is 12.7. The number of rotatable bonds is 1. The standard InChI is InChI=1S/C14H14ClNO2.ClH/c1-8-7-16-14(15)13(8)12-6-10(17)9-4-2-3-5-11(9)18-12;/h2-6,8,13-14,16H,7H2,1H3;1H. The van der Waals surface area contributed by atoms with Crippen LogP contribution in [0.5, 0.6) is 0 Å². The van der Waals surface area contributed by atoms with Gasteiger partial charge in [-0.1, -0.05) is 19.1 Å². The van der Waals surface area contributed by atoms with E-state index in [1.54, 1.807) is 12.1 Å². The SMILES string of the molecule is CC1CNC(Cl)C1c1cc(=O)c2ccccc2o1.Cl. The van der Waals surface area contributed by atoms with Crippen LogP contribution in [-0.2, 0) is 0 Å². The van der Waals surface area contributed by atoms with Crippen LogP contribution in [0.2, 0.25) is 0 Å². The number of halogens is 2. The fourth-order valence-electron chi connectivity index (χ4n) is 2.55. The van der Waals surface area contributed by atoms with Crippen LogP contribution in [0.1, 0.15) is 18.6 Å². The number of hydrogen-bond acceptors (Lipinski definition) is 3. The molecule has 0 saturated carbocycles. The van der Waals surface area contributed by atoms with Crippen molar-refractivity contribution in [3.8, 4) is 0 Å². The first kappa shape index (κ1) is 14.4. The van der Waals surface area contributed by atoms with Gasteiger partial charge in [-0.25, -0.2) is 0 Å². The van der Waals surface area contributed by atoms with Crippen LogP contribution in [0.15, 0.2) is 39.5 Å². The Labute approximate surface area is 122 Å². The minimum Gasteiger partial charge on any atom is -0.460 e. The first-order chi connectivity index (χ1) is 8.66. The highest BCUT2D eigenvalue weighted by Gasteiger charge is 2.35. The summed E-state index contributed by atoms with van der Waals surface area (Å²) in [4.78, 5) is 12.0. The van der Waals surface area contributed by atoms with Crippen molar-refractivity contribution < 1.29 is 4.42 Å². The lowest BCUT2D eigenvalue weighted by molar-refractivity contribution is 0.434. The molecule has 1 aromatic carbocycles. The largest absolute Gasteiger partial charge is 0.460 e. The number of benzene rings is 1. The first-order valence-electron chi connectivity index (χ1n) is 6.07. The van der Waals surface area contributed by atoms with Gasteiger partial charge in [-0.05, 0) is 24.6 Å². The van der Waals surface area contributed by atoms with Gasteiger partial charge in [0.05, 0.1) is 16.8 Å². The molecule has 1 aliphatic rings. The van der Waals surface area contributed by atoms with Crippen LogP contribution < -0.4 is 10.7 Å². The molecule has 1 N–H and O–H groups in total. The van der Waals surface area contributed by atoms with Crippen molar-refractivity contribution in [2.24, 2.45) is 5.92 Å². The summed E-state index contributed by atoms with van der Waals surface area (Å²) >= 11 is 6.24. The van der Waals surface area contributed by atoms with E-state index in [4.69, 9.17) is 16.0 Å². The first-order valence-corrected chi connectivity index (χ1v) is 6.50. The van der Waals surface area contributed by atoms with Crippen molar-refractivity contribution in [1.82, 2.24) is 5.32 Å². The van der Waals surface area contributed by atoms with Crippen LogP contribution in [0.4, 0.5) is 0 Å². The highest BCUT2D eigenvalue weighted by Crippen LogP contribution is 2.34. The third kappa shape index (κ3) is 2.50. The molecule has 0 bridgehead atoms. The highest BCUT2D eigenvalue weighted by atomic mass is 35.5. The topological polar surface area (TPSA) is 42.2 Å². The van der Waals surface area contributed by atoms with Crippen molar-refractivity contribution >= 4 is 35.0 Å². The summed E-state index contributed by atoms with van der Waals surface area (Å²) in [7, 11) is 0. The van der Waals surface area contributed by atoms with Crippen molar-refractivity contribution in [3.63, 3.8) is 0 Å². The molecule has 2 aromatic rings. The van der Waals surface area contributed by atoms with E-state index in [9.17, 15) is 4.79 Å². The quantitative estimate of drug-likeness (QED) is 0.650. The second kappa shape index (κ2) is 5.53. The minimum atomic E-state index is -0.177. The van der Waals surface area contributed by atoms with E-state index in [0.29, 0.717) is 22.6 Å². The van der Waals surface area contributed by atoms with E-state index >= 15 is 0 Å². The summed E-state index contributed by atoms with van der Waals surface area (Å²) in [5.74, 6) is 1.08. The lowest BCUT2D eigenvalue weighted by Gasteiger charge is -2.16. The minimum absolute atomic E-state index is 0. The number of nitrogens with one attached hydrogen (secondary N) is 1. The Bertz CT molecular complexity index is 631. The predicted octanol–water partition coefficient (Wildman–Crippen LogP) is 3.10. The molecule has 2 heterocycles. The molecule has 0 radical (unpaired) electrons. The van der Waals surface area contributed by atoms with Gasteiger partial charge >= 0.3 is 0 Å². The summed E-state index contributed by atoms with van der Waals surface area (Å²) < 4.78 is 5.84. The van der Waals surface area contributed by atoms with Gasteiger partial charge in [-0.15, -0.1) is 24.0 Å². The average molecular weight is 300 g/mol. The number of alkyl halides is 1. The maximum absolute atomic E-state index is 12.0. The molecule has 0 aliphatic carbocycles. The molecule has 3 atom stereocenters. The summed E-state index contributed by atoms with van der Waals surface area (Å²) in [5, 5.41) is 3.81. The summed E-state index contributed by atoms with van der Waals surface area (Å²) in [6, 6.07) is 8.87. The van der Waals surface area contributed by atoms with E-state index in [-0.39, 0.29) is 29.3 Å². The fourth-order valence-corrected chi connectivity index (χ4v) is 3.01. The molecule has 1 fully saturated rings. The third-order valence-electron chi connectivity index (χ3n) is 3.55. The van der Waals surface area contributed by atoms with Gasteiger partial charge in [0.1, 0.15) is 11.3 Å². The van der Waals surface area contributed by atoms with E-state index < -0.39 is 0 Å². The van der Waals surface area contributed by atoms with Crippen molar-refractivity contribution in [2.45, 2.75) is 18.3 Å². The van der Waals surface area contributed by atoms with Gasteiger partial charge in [-0.2, -0.15) is 0 Å². The van der Waals surface area contributed by atoms with Gasteiger partial charge in [0.15, 0.2) is 5.43 Å². The van der Waals surface area contributed by atoms with Crippen LogP contribution in [-0.4, -0.2) is 12.0 Å². The van der Waals surface area contributed by atoms with E-state index in [0.717, 1.165) is 6.54 Å². The fraction of sp³-hybridized carbons (Fsp3) is 0.357. The van der Waals surface area contributed by atoms with Crippen molar-refractivity contribution in [3.05, 3.63) is 46.3 Å². The molecular formula is C14H15Cl2NO2. The Morgan fingerprint density at radius 2 is 2.11 bits per heavy atom. The highest BCUT2D eigenvalue weighted by molar-refractivity contribution is 6.21. The Hall–Kier alpha value is -1.03. The van der Waals surface area contributed by atoms with Gasteiger partial charge in [-0.3, -0.25) is 4.79 Å². The second-order valence-electron chi connectivity index (χ2n) is 4.82. The van der Waals surface area contributed by atoms with Gasteiger partial charge in [0.25, 0.3) is 0 Å². The maximum Gasteiger partial charge on any atom is 0.192 e. The number of fused-ring (bicyclic) bond motifs is 1. The molecule has 1 aliphatic heterocycles. The Balaban J connectivity index is 0.00000133. The Morgan fingerprint density at radius 1 is 1.37 bits per heavy atom. The lowest BCUT2D eigenvalue weighted by Crippen LogP contribution is -2.20. The summed E-state index contributed by atoms with van der Waals surface area (Å²) in [5.41, 5.74) is 0.446. The van der Waals surface area contributed by atoms with Crippen LogP contribution in [0.3, 0.4) is 0 Å². The summed E-state index contributed by atoms with van der Waals surface area (Å²) in [6.45, 7) is 2.95. The monoisotopic (exact) mass is 299 g/mol. The molecule has 3 rings (SSSR count). The molecule has 3 nitrogen and oxygen atoms in total. The molecule has 3 unspecified atom stereocenters. The van der Waals surface area contributed by atoms with Crippen molar-refractivity contribution in [2.75, 3.05) is 6.54 Å². The van der Waals surface area contributed by atoms with Gasteiger partial charge in [0, 0.05) is 6.07 Å². The number of hydrogen-bond donors (Lipinski definition) is 1. The zero-order valence-corrected chi connectivity index (χ0v) is 12.0. The molecule has 1 saturated heterocycles. The van der Waals surface area contributed by atoms with E-state index in [1.165, 1.54) is 0 Å². The van der Waals surface area contributed by atoms with E-state index in [2.05, 4.69) is 12.2 Å². The second-order valence-corrected chi connectivity index (χ2v) is 5.29. The van der Waals surface area contributed by atoms with Crippen molar-refractivity contribution in [1.29, 1.82) is 0 Å². The third-order valence-corrected chi connectivity index (χ3v) is 3.97. The van der Waals surface area contributed by atoms with E-state index in [1.807, 2.05) is 18.2 Å². The molecule has 1 aromatic heterocycles.